The molecule has 1 unspecified atom stereocenters. The van der Waals surface area contributed by atoms with Crippen molar-refractivity contribution in [1.82, 2.24) is 14.8 Å². The van der Waals surface area contributed by atoms with Crippen molar-refractivity contribution in [3.63, 3.8) is 0 Å². The van der Waals surface area contributed by atoms with Crippen LogP contribution < -0.4 is 14.8 Å². The summed E-state index contributed by atoms with van der Waals surface area (Å²) in [7, 11) is 0. The number of benzene rings is 2. The molecule has 3 aromatic rings. The number of fused-ring (bicyclic) bond motifs is 1. The van der Waals surface area contributed by atoms with Crippen LogP contribution in [-0.4, -0.2) is 32.7 Å². The molecule has 1 aliphatic rings. The number of thioether (sulfide) groups is 1. The Balaban J connectivity index is 1.50. The molecule has 0 spiro atoms. The molecule has 33 heavy (non-hydrogen) atoms. The van der Waals surface area contributed by atoms with Gasteiger partial charge in [-0.25, -0.2) is 0 Å². The molecule has 4 rings (SSSR count). The number of hydrogen-bond acceptors (Lipinski definition) is 6. The molecule has 2 aromatic carbocycles. The van der Waals surface area contributed by atoms with Gasteiger partial charge in [0.05, 0.1) is 5.25 Å². The van der Waals surface area contributed by atoms with Gasteiger partial charge in [-0.2, -0.15) is 0 Å². The largest absolute Gasteiger partial charge is 0.454 e. The fourth-order valence-corrected chi connectivity index (χ4v) is 4.29. The summed E-state index contributed by atoms with van der Waals surface area (Å²) in [5, 5.41) is 12.0. The number of rotatable bonds is 7. The van der Waals surface area contributed by atoms with E-state index in [4.69, 9.17) is 9.47 Å². The highest BCUT2D eigenvalue weighted by Gasteiger charge is 2.22. The Morgan fingerprint density at radius 2 is 1.91 bits per heavy atom. The average Bonchev–Trinajstić information content (AvgIpc) is 3.40. The molecule has 1 aromatic heterocycles. The number of allylic oxidation sites excluding steroid dienone is 1. The number of nitrogens with zero attached hydrogens (tertiary/aromatic N) is 3. The van der Waals surface area contributed by atoms with E-state index in [1.807, 2.05) is 11.5 Å². The number of carbonyl (C=O) groups is 1. The lowest BCUT2D eigenvalue weighted by atomic mass is 9.87. The average molecular weight is 465 g/mol. The van der Waals surface area contributed by atoms with Crippen LogP contribution in [0.15, 0.2) is 60.3 Å². The number of amides is 1. The first-order chi connectivity index (χ1) is 15.8. The molecule has 0 fully saturated rings. The number of ether oxygens (including phenoxy) is 2. The molecule has 1 N–H and O–H groups in total. The summed E-state index contributed by atoms with van der Waals surface area (Å²) in [6.07, 6.45) is 1.80. The first-order valence-corrected chi connectivity index (χ1v) is 11.7. The third kappa shape index (κ3) is 5.06. The molecule has 1 atom stereocenters. The van der Waals surface area contributed by atoms with Gasteiger partial charge >= 0.3 is 0 Å². The van der Waals surface area contributed by atoms with Crippen LogP contribution in [0.1, 0.15) is 33.3 Å². The second kappa shape index (κ2) is 9.31. The molecule has 0 bridgehead atoms. The lowest BCUT2D eigenvalue weighted by Gasteiger charge is -2.19. The molecule has 0 aliphatic carbocycles. The quantitative estimate of drug-likeness (QED) is 0.379. The van der Waals surface area contributed by atoms with E-state index in [2.05, 4.69) is 67.1 Å². The van der Waals surface area contributed by atoms with Gasteiger partial charge < -0.3 is 14.8 Å². The number of anilines is 1. The van der Waals surface area contributed by atoms with Crippen LogP contribution in [-0.2, 0) is 16.8 Å². The van der Waals surface area contributed by atoms with E-state index < -0.39 is 0 Å². The van der Waals surface area contributed by atoms with Gasteiger partial charge in [-0.1, -0.05) is 62.9 Å². The van der Waals surface area contributed by atoms with Crippen molar-refractivity contribution in [2.75, 3.05) is 12.1 Å². The Labute approximate surface area is 198 Å². The van der Waals surface area contributed by atoms with Crippen LogP contribution in [0.3, 0.4) is 0 Å². The zero-order valence-corrected chi connectivity index (χ0v) is 20.1. The molecular formula is C25H28N4O3S. The van der Waals surface area contributed by atoms with E-state index in [0.717, 1.165) is 11.4 Å². The maximum absolute atomic E-state index is 12.8. The number of aromatic nitrogens is 3. The van der Waals surface area contributed by atoms with Gasteiger partial charge in [0.1, 0.15) is 0 Å². The number of hydrogen-bond donors (Lipinski definition) is 1. The minimum atomic E-state index is -0.390. The first kappa shape index (κ1) is 22.9. The zero-order chi connectivity index (χ0) is 23.6. The molecule has 1 aliphatic heterocycles. The van der Waals surface area contributed by atoms with Gasteiger partial charge in [-0.05, 0) is 30.0 Å². The standard InChI is InChI=1S/C25H28N4O3S/c1-6-13-29-22(17-7-9-18(10-8-17)25(3,4)5)27-28-24(29)33-16(2)23(30)26-19-11-12-20-21(14-19)32-15-31-20/h6-12,14,16H,1,13,15H2,2-5H3,(H,26,30). The third-order valence-electron chi connectivity index (χ3n) is 5.33. The Kier molecular flexibility index (Phi) is 6.47. The van der Waals surface area contributed by atoms with E-state index >= 15 is 0 Å². The molecule has 0 saturated carbocycles. The van der Waals surface area contributed by atoms with E-state index in [1.54, 1.807) is 24.3 Å². The first-order valence-electron chi connectivity index (χ1n) is 10.8. The molecule has 172 valence electrons. The fourth-order valence-electron chi connectivity index (χ4n) is 3.43. The lowest BCUT2D eigenvalue weighted by molar-refractivity contribution is -0.115. The maximum atomic E-state index is 12.8. The summed E-state index contributed by atoms with van der Waals surface area (Å²) in [4.78, 5) is 12.8. The summed E-state index contributed by atoms with van der Waals surface area (Å²) < 4.78 is 12.7. The highest BCUT2D eigenvalue weighted by molar-refractivity contribution is 8.00. The molecule has 0 saturated heterocycles. The predicted molar refractivity (Wildman–Crippen MR) is 131 cm³/mol. The molecule has 1 amide bonds. The second-order valence-electron chi connectivity index (χ2n) is 8.85. The van der Waals surface area contributed by atoms with Gasteiger partial charge in [0.15, 0.2) is 22.5 Å². The van der Waals surface area contributed by atoms with Gasteiger partial charge in [-0.3, -0.25) is 9.36 Å². The van der Waals surface area contributed by atoms with Gasteiger partial charge in [-0.15, -0.1) is 16.8 Å². The monoisotopic (exact) mass is 464 g/mol. The van der Waals surface area contributed by atoms with Crippen LogP contribution in [0.2, 0.25) is 0 Å². The van der Waals surface area contributed by atoms with Gasteiger partial charge in [0, 0.05) is 23.9 Å². The molecular weight excluding hydrogens is 436 g/mol. The van der Waals surface area contributed by atoms with Crippen molar-refractivity contribution in [3.8, 4) is 22.9 Å². The van der Waals surface area contributed by atoms with Crippen LogP contribution in [0.5, 0.6) is 11.5 Å². The van der Waals surface area contributed by atoms with Crippen molar-refractivity contribution < 1.29 is 14.3 Å². The molecule has 2 heterocycles. The van der Waals surface area contributed by atoms with Crippen molar-refractivity contribution >= 4 is 23.4 Å². The van der Waals surface area contributed by atoms with Crippen molar-refractivity contribution in [2.45, 2.75) is 50.1 Å². The Morgan fingerprint density at radius 1 is 1.18 bits per heavy atom. The number of nitrogens with one attached hydrogen (secondary N) is 1. The number of carbonyl (C=O) groups excluding carboxylic acids is 1. The van der Waals surface area contributed by atoms with E-state index in [0.29, 0.717) is 28.9 Å². The smallest absolute Gasteiger partial charge is 0.237 e. The van der Waals surface area contributed by atoms with E-state index in [1.165, 1.54) is 17.3 Å². The van der Waals surface area contributed by atoms with Gasteiger partial charge in [0.25, 0.3) is 0 Å². The van der Waals surface area contributed by atoms with E-state index in [9.17, 15) is 4.79 Å². The molecule has 0 radical (unpaired) electrons. The molecule has 8 heteroatoms. The summed E-state index contributed by atoms with van der Waals surface area (Å²) in [5.74, 6) is 1.92. The highest BCUT2D eigenvalue weighted by Crippen LogP contribution is 2.35. The summed E-state index contributed by atoms with van der Waals surface area (Å²) in [6, 6.07) is 13.7. The Bertz CT molecular complexity index is 1170. The SMILES string of the molecule is C=CCn1c(SC(C)C(=O)Nc2ccc3c(c2)OCO3)nnc1-c1ccc(C(C)(C)C)cc1. The maximum Gasteiger partial charge on any atom is 0.237 e. The van der Waals surface area contributed by atoms with E-state index in [-0.39, 0.29) is 23.4 Å². The Morgan fingerprint density at radius 3 is 2.61 bits per heavy atom. The van der Waals surface area contributed by atoms with Crippen LogP contribution in [0, 0.1) is 0 Å². The predicted octanol–water partition coefficient (Wildman–Crippen LogP) is 5.28. The second-order valence-corrected chi connectivity index (χ2v) is 10.2. The summed E-state index contributed by atoms with van der Waals surface area (Å²) in [6.45, 7) is 13.0. The zero-order valence-electron chi connectivity index (χ0n) is 19.3. The minimum Gasteiger partial charge on any atom is -0.454 e. The van der Waals surface area contributed by atoms with Crippen LogP contribution >= 0.6 is 11.8 Å². The molecule has 7 nitrogen and oxygen atoms in total. The van der Waals surface area contributed by atoms with Crippen molar-refractivity contribution in [2.24, 2.45) is 0 Å². The Hall–Kier alpha value is -3.26. The highest BCUT2D eigenvalue weighted by atomic mass is 32.2. The third-order valence-corrected chi connectivity index (χ3v) is 6.41. The summed E-state index contributed by atoms with van der Waals surface area (Å²) in [5.41, 5.74) is 2.96. The van der Waals surface area contributed by atoms with Crippen LogP contribution in [0.4, 0.5) is 5.69 Å². The van der Waals surface area contributed by atoms with Crippen molar-refractivity contribution in [1.29, 1.82) is 0 Å². The van der Waals surface area contributed by atoms with Gasteiger partial charge in [0.2, 0.25) is 12.7 Å². The fraction of sp³-hybridized carbons (Fsp3) is 0.320. The normalized spacial score (nSPS) is 13.6. The topological polar surface area (TPSA) is 78.3 Å². The summed E-state index contributed by atoms with van der Waals surface area (Å²) >= 11 is 1.36. The van der Waals surface area contributed by atoms with Crippen molar-refractivity contribution in [3.05, 3.63) is 60.7 Å². The minimum absolute atomic E-state index is 0.0785. The lowest BCUT2D eigenvalue weighted by Crippen LogP contribution is -2.23. The van der Waals surface area contributed by atoms with Crippen LogP contribution in [0.25, 0.3) is 11.4 Å².